The van der Waals surface area contributed by atoms with Crippen LogP contribution in [0.5, 0.6) is 17.2 Å². The van der Waals surface area contributed by atoms with Crippen LogP contribution in [0.1, 0.15) is 12.5 Å². The number of ether oxygens (including phenoxy) is 2. The third-order valence-electron chi connectivity index (χ3n) is 3.46. The maximum Gasteiger partial charge on any atom is 0.243 e. The lowest BCUT2D eigenvalue weighted by Crippen LogP contribution is -2.29. The second-order valence-electron chi connectivity index (χ2n) is 5.26. The lowest BCUT2D eigenvalue weighted by atomic mass is 10.1. The van der Waals surface area contributed by atoms with Crippen LogP contribution in [0.2, 0.25) is 0 Å². The van der Waals surface area contributed by atoms with Gasteiger partial charge in [-0.15, -0.1) is 0 Å². The van der Waals surface area contributed by atoms with E-state index in [1.807, 2.05) is 54.6 Å². The largest absolute Gasteiger partial charge is 0.485 e. The number of para-hydroxylation sites is 2. The van der Waals surface area contributed by atoms with Gasteiger partial charge >= 0.3 is 0 Å². The minimum atomic E-state index is -0.405. The van der Waals surface area contributed by atoms with E-state index in [0.717, 1.165) is 16.9 Å². The maximum atomic E-state index is 11.1. The van der Waals surface area contributed by atoms with E-state index in [2.05, 4.69) is 0 Å². The molecule has 3 rings (SSSR count). The van der Waals surface area contributed by atoms with Crippen molar-refractivity contribution in [3.05, 3.63) is 59.7 Å². The lowest BCUT2D eigenvalue weighted by Gasteiger charge is -2.22. The fourth-order valence-corrected chi connectivity index (χ4v) is 2.32. The first-order chi connectivity index (χ1) is 11.1. The lowest BCUT2D eigenvalue weighted by molar-refractivity contribution is -0.160. The summed E-state index contributed by atoms with van der Waals surface area (Å²) >= 11 is 0. The van der Waals surface area contributed by atoms with Gasteiger partial charge < -0.3 is 9.47 Å². The standard InChI is InChI=1S/C18H17NO4/c1-13(20)19(21)11-14-10-15-6-5-9-17(18(15)22-12-14)23-16-7-3-2-4-8-16/h2-10,21H,11-12H2,1H3. The van der Waals surface area contributed by atoms with Gasteiger partial charge in [0.1, 0.15) is 12.4 Å². The van der Waals surface area contributed by atoms with Gasteiger partial charge in [0.25, 0.3) is 0 Å². The number of carbonyl (C=O) groups excluding carboxylic acids is 1. The normalized spacial score (nSPS) is 12.7. The molecule has 0 radical (unpaired) electrons. The van der Waals surface area contributed by atoms with Crippen LogP contribution in [-0.4, -0.2) is 29.3 Å². The predicted octanol–water partition coefficient (Wildman–Crippen LogP) is 3.49. The SMILES string of the molecule is CC(=O)N(O)CC1=Cc2cccc(Oc3ccccc3)c2OC1. The number of hydrogen-bond donors (Lipinski definition) is 1. The first-order valence-electron chi connectivity index (χ1n) is 7.28. The number of benzene rings is 2. The minimum Gasteiger partial charge on any atom is -0.485 e. The molecule has 2 aromatic carbocycles. The zero-order valence-corrected chi connectivity index (χ0v) is 12.7. The van der Waals surface area contributed by atoms with Crippen LogP contribution < -0.4 is 9.47 Å². The molecular weight excluding hydrogens is 294 g/mol. The van der Waals surface area contributed by atoms with Gasteiger partial charge in [-0.1, -0.05) is 30.3 Å². The van der Waals surface area contributed by atoms with E-state index < -0.39 is 5.91 Å². The summed E-state index contributed by atoms with van der Waals surface area (Å²) in [6.07, 6.45) is 1.91. The van der Waals surface area contributed by atoms with Crippen molar-refractivity contribution in [2.75, 3.05) is 13.2 Å². The summed E-state index contributed by atoms with van der Waals surface area (Å²) in [6.45, 7) is 1.73. The Morgan fingerprint density at radius 2 is 2.00 bits per heavy atom. The predicted molar refractivity (Wildman–Crippen MR) is 85.6 cm³/mol. The molecule has 5 heteroatoms. The highest BCUT2D eigenvalue weighted by Gasteiger charge is 2.18. The zero-order chi connectivity index (χ0) is 16.2. The molecule has 0 spiro atoms. The van der Waals surface area contributed by atoms with E-state index in [4.69, 9.17) is 9.47 Å². The van der Waals surface area contributed by atoms with Gasteiger partial charge in [0.05, 0.1) is 6.54 Å². The van der Waals surface area contributed by atoms with Gasteiger partial charge in [-0.05, 0) is 29.8 Å². The Morgan fingerprint density at radius 3 is 2.74 bits per heavy atom. The first-order valence-corrected chi connectivity index (χ1v) is 7.28. The molecule has 118 valence electrons. The van der Waals surface area contributed by atoms with E-state index in [0.29, 0.717) is 23.2 Å². The summed E-state index contributed by atoms with van der Waals surface area (Å²) < 4.78 is 11.6. The quantitative estimate of drug-likeness (QED) is 0.693. The van der Waals surface area contributed by atoms with Crippen LogP contribution in [0.25, 0.3) is 6.08 Å². The fraction of sp³-hybridized carbons (Fsp3) is 0.167. The van der Waals surface area contributed by atoms with E-state index >= 15 is 0 Å². The van der Waals surface area contributed by atoms with Crippen molar-refractivity contribution in [1.29, 1.82) is 0 Å². The van der Waals surface area contributed by atoms with Crippen molar-refractivity contribution in [1.82, 2.24) is 5.06 Å². The Hall–Kier alpha value is -2.79. The highest BCUT2D eigenvalue weighted by Crippen LogP contribution is 2.38. The molecule has 1 amide bonds. The first kappa shape index (κ1) is 15.1. The van der Waals surface area contributed by atoms with Crippen LogP contribution in [0.4, 0.5) is 0 Å². The number of nitrogens with zero attached hydrogens (tertiary/aromatic N) is 1. The van der Waals surface area contributed by atoms with Crippen molar-refractivity contribution in [2.45, 2.75) is 6.92 Å². The van der Waals surface area contributed by atoms with E-state index in [-0.39, 0.29) is 6.54 Å². The van der Waals surface area contributed by atoms with E-state index in [1.54, 1.807) is 0 Å². The molecule has 1 aliphatic rings. The summed E-state index contributed by atoms with van der Waals surface area (Å²) in [6, 6.07) is 15.1. The average Bonchev–Trinajstić information content (AvgIpc) is 2.56. The Kier molecular flexibility index (Phi) is 4.30. The Bertz CT molecular complexity index is 740. The Balaban J connectivity index is 1.83. The van der Waals surface area contributed by atoms with Crippen LogP contribution in [0.15, 0.2) is 54.1 Å². The average molecular weight is 311 g/mol. The highest BCUT2D eigenvalue weighted by molar-refractivity contribution is 5.73. The topological polar surface area (TPSA) is 59.0 Å². The second kappa shape index (κ2) is 6.54. The maximum absolute atomic E-state index is 11.1. The van der Waals surface area contributed by atoms with Crippen LogP contribution in [0.3, 0.4) is 0 Å². The number of amides is 1. The van der Waals surface area contributed by atoms with Gasteiger partial charge in [-0.3, -0.25) is 10.0 Å². The molecule has 0 atom stereocenters. The van der Waals surface area contributed by atoms with Crippen molar-refractivity contribution in [2.24, 2.45) is 0 Å². The monoisotopic (exact) mass is 311 g/mol. The number of hydroxylamine groups is 2. The van der Waals surface area contributed by atoms with Crippen LogP contribution in [-0.2, 0) is 4.79 Å². The molecule has 0 aromatic heterocycles. The fourth-order valence-electron chi connectivity index (χ4n) is 2.32. The van der Waals surface area contributed by atoms with Gasteiger partial charge in [-0.25, -0.2) is 5.06 Å². The van der Waals surface area contributed by atoms with Gasteiger partial charge in [0.15, 0.2) is 11.5 Å². The second-order valence-corrected chi connectivity index (χ2v) is 5.26. The third-order valence-corrected chi connectivity index (χ3v) is 3.46. The molecule has 1 heterocycles. The number of hydrogen-bond acceptors (Lipinski definition) is 4. The smallest absolute Gasteiger partial charge is 0.243 e. The summed E-state index contributed by atoms with van der Waals surface area (Å²) in [5.41, 5.74) is 1.67. The van der Waals surface area contributed by atoms with Crippen LogP contribution >= 0.6 is 0 Å². The highest BCUT2D eigenvalue weighted by atomic mass is 16.5. The van der Waals surface area contributed by atoms with Gasteiger partial charge in [-0.2, -0.15) is 0 Å². The molecule has 2 aromatic rings. The molecular formula is C18H17NO4. The summed E-state index contributed by atoms with van der Waals surface area (Å²) in [5.74, 6) is 1.62. The summed E-state index contributed by atoms with van der Waals surface area (Å²) in [7, 11) is 0. The van der Waals surface area contributed by atoms with Crippen molar-refractivity contribution >= 4 is 12.0 Å². The third kappa shape index (κ3) is 3.52. The van der Waals surface area contributed by atoms with Gasteiger partial charge in [0.2, 0.25) is 5.91 Å². The van der Waals surface area contributed by atoms with Gasteiger partial charge in [0, 0.05) is 12.5 Å². The van der Waals surface area contributed by atoms with E-state index in [1.165, 1.54) is 6.92 Å². The molecule has 1 N–H and O–H groups in total. The molecule has 0 unspecified atom stereocenters. The number of rotatable bonds is 4. The molecule has 0 saturated carbocycles. The molecule has 0 bridgehead atoms. The molecule has 0 saturated heterocycles. The number of fused-ring (bicyclic) bond motifs is 1. The molecule has 0 fully saturated rings. The molecule has 1 aliphatic heterocycles. The Morgan fingerprint density at radius 1 is 1.22 bits per heavy atom. The van der Waals surface area contributed by atoms with Crippen molar-refractivity contribution in [3.63, 3.8) is 0 Å². The Labute approximate surface area is 134 Å². The van der Waals surface area contributed by atoms with Crippen LogP contribution in [0, 0.1) is 0 Å². The van der Waals surface area contributed by atoms with Crippen molar-refractivity contribution < 1.29 is 19.5 Å². The summed E-state index contributed by atoms with van der Waals surface area (Å²) in [5, 5.41) is 10.2. The molecule has 23 heavy (non-hydrogen) atoms. The molecule has 0 aliphatic carbocycles. The summed E-state index contributed by atoms with van der Waals surface area (Å²) in [4.78, 5) is 11.1. The minimum absolute atomic E-state index is 0.124. The van der Waals surface area contributed by atoms with E-state index in [9.17, 15) is 10.0 Å². The van der Waals surface area contributed by atoms with Crippen molar-refractivity contribution in [3.8, 4) is 17.2 Å². The molecule has 5 nitrogen and oxygen atoms in total. The zero-order valence-electron chi connectivity index (χ0n) is 12.7. The number of carbonyl (C=O) groups is 1.